The van der Waals surface area contributed by atoms with Crippen molar-refractivity contribution in [1.29, 1.82) is 0 Å². The van der Waals surface area contributed by atoms with Crippen molar-refractivity contribution in [1.82, 2.24) is 10.6 Å². The van der Waals surface area contributed by atoms with Crippen LogP contribution in [-0.4, -0.2) is 43.5 Å². The molecule has 1 heterocycles. The quantitative estimate of drug-likeness (QED) is 0.758. The monoisotopic (exact) mass is 314 g/mol. The van der Waals surface area contributed by atoms with Gasteiger partial charge in [-0.1, -0.05) is 13.8 Å². The Morgan fingerprint density at radius 1 is 1.32 bits per heavy atom. The lowest BCUT2D eigenvalue weighted by atomic mass is 9.97. The first-order valence-electron chi connectivity index (χ1n) is 8.48. The molecule has 1 fully saturated rings. The van der Waals surface area contributed by atoms with Gasteiger partial charge in [-0.25, -0.2) is 4.79 Å². The fraction of sp³-hybridized carbons (Fsp3) is 0.941. The van der Waals surface area contributed by atoms with Gasteiger partial charge in [0.15, 0.2) is 0 Å². The first kappa shape index (κ1) is 19.2. The van der Waals surface area contributed by atoms with Crippen molar-refractivity contribution in [2.24, 2.45) is 11.8 Å². The molecule has 3 unspecified atom stereocenters. The molecule has 0 aliphatic carbocycles. The Labute approximate surface area is 135 Å². The van der Waals surface area contributed by atoms with E-state index in [1.54, 1.807) is 0 Å². The van der Waals surface area contributed by atoms with Gasteiger partial charge in [-0.15, -0.1) is 0 Å². The molecule has 1 aliphatic rings. The van der Waals surface area contributed by atoms with E-state index < -0.39 is 5.60 Å². The molecule has 1 aliphatic heterocycles. The molecule has 2 N–H and O–H groups in total. The summed E-state index contributed by atoms with van der Waals surface area (Å²) < 4.78 is 10.8. The van der Waals surface area contributed by atoms with E-state index in [0.717, 1.165) is 26.1 Å². The molecule has 1 amide bonds. The molecule has 0 spiro atoms. The number of carbonyl (C=O) groups excluding carboxylic acids is 1. The van der Waals surface area contributed by atoms with E-state index >= 15 is 0 Å². The molecule has 1 rings (SSSR count). The SMILES string of the molecule is CC(C)CC(CNC(=O)OC(C)(C)C)NC(C)C1CCOC1. The maximum Gasteiger partial charge on any atom is 0.407 e. The number of amides is 1. The number of carbonyl (C=O) groups is 1. The molecule has 0 aromatic heterocycles. The molecule has 130 valence electrons. The Balaban J connectivity index is 2.44. The summed E-state index contributed by atoms with van der Waals surface area (Å²) in [6.07, 6.45) is 1.79. The Bertz CT molecular complexity index is 333. The van der Waals surface area contributed by atoms with Crippen LogP contribution in [0.4, 0.5) is 4.79 Å². The van der Waals surface area contributed by atoms with Gasteiger partial charge in [-0.2, -0.15) is 0 Å². The Morgan fingerprint density at radius 3 is 2.50 bits per heavy atom. The number of nitrogens with one attached hydrogen (secondary N) is 2. The van der Waals surface area contributed by atoms with Crippen molar-refractivity contribution in [2.75, 3.05) is 19.8 Å². The maximum atomic E-state index is 11.8. The van der Waals surface area contributed by atoms with Gasteiger partial charge < -0.3 is 20.1 Å². The lowest BCUT2D eigenvalue weighted by Crippen LogP contribution is -2.48. The smallest absolute Gasteiger partial charge is 0.407 e. The van der Waals surface area contributed by atoms with E-state index in [1.807, 2.05) is 20.8 Å². The zero-order valence-electron chi connectivity index (χ0n) is 15.1. The molecule has 0 radical (unpaired) electrons. The molecule has 0 saturated carbocycles. The van der Waals surface area contributed by atoms with Crippen molar-refractivity contribution >= 4 is 6.09 Å². The Hall–Kier alpha value is -0.810. The van der Waals surface area contributed by atoms with E-state index in [1.165, 1.54) is 0 Å². The Kier molecular flexibility index (Phi) is 7.63. The van der Waals surface area contributed by atoms with Crippen LogP contribution >= 0.6 is 0 Å². The van der Waals surface area contributed by atoms with Gasteiger partial charge in [-0.05, 0) is 52.4 Å². The third kappa shape index (κ3) is 7.99. The summed E-state index contributed by atoms with van der Waals surface area (Å²) in [5.41, 5.74) is -0.459. The minimum atomic E-state index is -0.459. The molecule has 5 heteroatoms. The summed E-state index contributed by atoms with van der Waals surface area (Å²) in [6.45, 7) is 14.5. The van der Waals surface area contributed by atoms with Gasteiger partial charge in [0, 0.05) is 25.2 Å². The first-order valence-corrected chi connectivity index (χ1v) is 8.48. The summed E-state index contributed by atoms with van der Waals surface area (Å²) >= 11 is 0. The van der Waals surface area contributed by atoms with Crippen molar-refractivity contribution in [3.8, 4) is 0 Å². The highest BCUT2D eigenvalue weighted by molar-refractivity contribution is 5.67. The standard InChI is InChI=1S/C17H34N2O3/c1-12(2)9-15(10-18-16(20)22-17(4,5)6)19-13(3)14-7-8-21-11-14/h12-15,19H,7-11H2,1-6H3,(H,18,20). The molecule has 0 aromatic carbocycles. The second-order valence-corrected chi connectivity index (χ2v) is 7.79. The van der Waals surface area contributed by atoms with E-state index in [9.17, 15) is 4.79 Å². The normalized spacial score (nSPS) is 21.7. The van der Waals surface area contributed by atoms with Gasteiger partial charge in [-0.3, -0.25) is 0 Å². The zero-order chi connectivity index (χ0) is 16.8. The van der Waals surface area contributed by atoms with Crippen LogP contribution in [-0.2, 0) is 9.47 Å². The van der Waals surface area contributed by atoms with Crippen LogP contribution in [0.25, 0.3) is 0 Å². The van der Waals surface area contributed by atoms with Crippen molar-refractivity contribution in [3.63, 3.8) is 0 Å². The van der Waals surface area contributed by atoms with Crippen molar-refractivity contribution < 1.29 is 14.3 Å². The molecule has 1 saturated heterocycles. The average Bonchev–Trinajstić information content (AvgIpc) is 2.86. The second kappa shape index (κ2) is 8.73. The van der Waals surface area contributed by atoms with Gasteiger partial charge in [0.2, 0.25) is 0 Å². The van der Waals surface area contributed by atoms with Crippen LogP contribution in [0.1, 0.15) is 54.4 Å². The molecular weight excluding hydrogens is 280 g/mol. The summed E-state index contributed by atoms with van der Waals surface area (Å²) in [6, 6.07) is 0.648. The van der Waals surface area contributed by atoms with Crippen LogP contribution in [0, 0.1) is 11.8 Å². The number of alkyl carbamates (subject to hydrolysis) is 1. The number of ether oxygens (including phenoxy) is 2. The summed E-state index contributed by atoms with van der Waals surface area (Å²) in [5, 5.41) is 6.54. The van der Waals surface area contributed by atoms with Crippen LogP contribution in [0.2, 0.25) is 0 Å². The van der Waals surface area contributed by atoms with E-state index in [-0.39, 0.29) is 12.1 Å². The molecule has 0 bridgehead atoms. The van der Waals surface area contributed by atoms with Gasteiger partial charge in [0.25, 0.3) is 0 Å². The largest absolute Gasteiger partial charge is 0.444 e. The molecule has 3 atom stereocenters. The van der Waals surface area contributed by atoms with Gasteiger partial charge >= 0.3 is 6.09 Å². The van der Waals surface area contributed by atoms with Crippen LogP contribution in [0.15, 0.2) is 0 Å². The van der Waals surface area contributed by atoms with Gasteiger partial charge in [0.05, 0.1) is 6.61 Å². The van der Waals surface area contributed by atoms with E-state index in [0.29, 0.717) is 24.4 Å². The summed E-state index contributed by atoms with van der Waals surface area (Å²) in [5.74, 6) is 1.14. The Morgan fingerprint density at radius 2 is 2.00 bits per heavy atom. The third-order valence-corrected chi connectivity index (χ3v) is 3.82. The lowest BCUT2D eigenvalue weighted by molar-refractivity contribution is 0.0519. The molecule has 5 nitrogen and oxygen atoms in total. The van der Waals surface area contributed by atoms with E-state index in [2.05, 4.69) is 31.4 Å². The fourth-order valence-electron chi connectivity index (χ4n) is 2.76. The minimum absolute atomic E-state index is 0.253. The van der Waals surface area contributed by atoms with Crippen LogP contribution in [0.5, 0.6) is 0 Å². The zero-order valence-corrected chi connectivity index (χ0v) is 15.1. The minimum Gasteiger partial charge on any atom is -0.444 e. The molecule has 0 aromatic rings. The first-order chi connectivity index (χ1) is 10.2. The van der Waals surface area contributed by atoms with Gasteiger partial charge in [0.1, 0.15) is 5.60 Å². The van der Waals surface area contributed by atoms with E-state index in [4.69, 9.17) is 9.47 Å². The highest BCUT2D eigenvalue weighted by Gasteiger charge is 2.25. The molecule has 22 heavy (non-hydrogen) atoms. The van der Waals surface area contributed by atoms with Crippen molar-refractivity contribution in [2.45, 2.75) is 72.1 Å². The molecular formula is C17H34N2O3. The number of hydrogen-bond donors (Lipinski definition) is 2. The predicted molar refractivity (Wildman–Crippen MR) is 89.0 cm³/mol. The topological polar surface area (TPSA) is 59.6 Å². The summed E-state index contributed by atoms with van der Waals surface area (Å²) in [4.78, 5) is 11.8. The highest BCUT2D eigenvalue weighted by atomic mass is 16.6. The highest BCUT2D eigenvalue weighted by Crippen LogP contribution is 2.18. The predicted octanol–water partition coefficient (Wildman–Crippen LogP) is 2.94. The lowest BCUT2D eigenvalue weighted by Gasteiger charge is -2.28. The maximum absolute atomic E-state index is 11.8. The van der Waals surface area contributed by atoms with Crippen LogP contribution < -0.4 is 10.6 Å². The fourth-order valence-corrected chi connectivity index (χ4v) is 2.76. The van der Waals surface area contributed by atoms with Crippen LogP contribution in [0.3, 0.4) is 0 Å². The number of hydrogen-bond acceptors (Lipinski definition) is 4. The third-order valence-electron chi connectivity index (χ3n) is 3.82. The summed E-state index contributed by atoms with van der Waals surface area (Å²) in [7, 11) is 0. The second-order valence-electron chi connectivity index (χ2n) is 7.79. The average molecular weight is 314 g/mol. The number of rotatable bonds is 7. The van der Waals surface area contributed by atoms with Crippen molar-refractivity contribution in [3.05, 3.63) is 0 Å².